The number of hydrogen-bond acceptors (Lipinski definition) is 5. The first-order valence-corrected chi connectivity index (χ1v) is 11.2. The highest BCUT2D eigenvalue weighted by Crippen LogP contribution is 2.23. The predicted molar refractivity (Wildman–Crippen MR) is 130 cm³/mol. The van der Waals surface area contributed by atoms with Gasteiger partial charge in [0, 0.05) is 45.6 Å². The highest BCUT2D eigenvalue weighted by molar-refractivity contribution is 5.79. The number of nitrogens with zero attached hydrogens (tertiary/aromatic N) is 4. The van der Waals surface area contributed by atoms with E-state index in [0.29, 0.717) is 6.54 Å². The Hall–Kier alpha value is -3.36. The van der Waals surface area contributed by atoms with E-state index < -0.39 is 0 Å². The summed E-state index contributed by atoms with van der Waals surface area (Å²) in [4.78, 5) is 11.1. The van der Waals surface area contributed by atoms with Gasteiger partial charge in [-0.05, 0) is 29.3 Å². The molecule has 1 saturated heterocycles. The number of aliphatic imine (C=N–C) groups is 1. The van der Waals surface area contributed by atoms with Gasteiger partial charge in [0.15, 0.2) is 5.96 Å². The fraction of sp³-hybridized carbons (Fsp3) is 0.360. The molecule has 0 spiro atoms. The number of aromatic nitrogens is 2. The molecule has 3 aromatic rings. The molecule has 1 atom stereocenters. The Morgan fingerprint density at radius 1 is 1.12 bits per heavy atom. The van der Waals surface area contributed by atoms with E-state index in [1.165, 1.54) is 11.1 Å². The Balaban J connectivity index is 1.42. The van der Waals surface area contributed by atoms with Crippen molar-refractivity contribution >= 4 is 5.96 Å². The molecular weight excluding hydrogens is 416 g/mol. The maximum atomic E-state index is 5.57. The van der Waals surface area contributed by atoms with E-state index in [4.69, 9.17) is 9.47 Å². The Morgan fingerprint density at radius 3 is 2.61 bits per heavy atom. The van der Waals surface area contributed by atoms with E-state index in [-0.39, 0.29) is 6.04 Å². The molecule has 0 aliphatic carbocycles. The lowest BCUT2D eigenvalue weighted by Crippen LogP contribution is -2.46. The van der Waals surface area contributed by atoms with Gasteiger partial charge in [-0.15, -0.1) is 0 Å². The maximum Gasteiger partial charge on any atom is 0.191 e. The van der Waals surface area contributed by atoms with Crippen molar-refractivity contribution in [2.75, 3.05) is 47.0 Å². The van der Waals surface area contributed by atoms with Gasteiger partial charge in [-0.25, -0.2) is 4.98 Å². The van der Waals surface area contributed by atoms with Gasteiger partial charge >= 0.3 is 0 Å². The molecule has 2 aromatic carbocycles. The normalized spacial score (nSPS) is 15.8. The summed E-state index contributed by atoms with van der Waals surface area (Å²) in [6, 6.07) is 16.8. The third kappa shape index (κ3) is 5.91. The summed E-state index contributed by atoms with van der Waals surface area (Å²) in [5, 5.41) is 6.98. The smallest absolute Gasteiger partial charge is 0.191 e. The minimum Gasteiger partial charge on any atom is -0.497 e. The first kappa shape index (κ1) is 22.8. The largest absolute Gasteiger partial charge is 0.497 e. The molecule has 1 aromatic heterocycles. The molecular formula is C25H32N6O2. The highest BCUT2D eigenvalue weighted by Gasteiger charge is 2.23. The number of nitrogens with one attached hydrogen (secondary N) is 2. The minimum atomic E-state index is 0.205. The van der Waals surface area contributed by atoms with Crippen molar-refractivity contribution in [3.05, 3.63) is 78.4 Å². The average molecular weight is 449 g/mol. The summed E-state index contributed by atoms with van der Waals surface area (Å²) < 4.78 is 12.9. The van der Waals surface area contributed by atoms with E-state index in [1.807, 2.05) is 41.4 Å². The second-order valence-electron chi connectivity index (χ2n) is 7.84. The summed E-state index contributed by atoms with van der Waals surface area (Å²) in [7, 11) is 3.49. The third-order valence-corrected chi connectivity index (χ3v) is 5.89. The summed E-state index contributed by atoms with van der Waals surface area (Å²) >= 11 is 0. The van der Waals surface area contributed by atoms with Crippen LogP contribution in [0.1, 0.15) is 17.2 Å². The zero-order chi connectivity index (χ0) is 22.9. The number of imidazole rings is 1. The molecule has 1 aliphatic heterocycles. The lowest BCUT2D eigenvalue weighted by Gasteiger charge is -2.35. The number of methoxy groups -OCH3 is 1. The molecule has 174 valence electrons. The monoisotopic (exact) mass is 448 g/mol. The van der Waals surface area contributed by atoms with Crippen molar-refractivity contribution in [3.8, 4) is 11.4 Å². The van der Waals surface area contributed by atoms with Gasteiger partial charge in [0.25, 0.3) is 0 Å². The van der Waals surface area contributed by atoms with E-state index in [2.05, 4.69) is 49.8 Å². The van der Waals surface area contributed by atoms with Gasteiger partial charge in [-0.2, -0.15) is 0 Å². The Morgan fingerprint density at radius 2 is 1.91 bits per heavy atom. The molecule has 1 aliphatic rings. The fourth-order valence-corrected chi connectivity index (χ4v) is 4.08. The lowest BCUT2D eigenvalue weighted by molar-refractivity contribution is 0.0170. The molecule has 8 nitrogen and oxygen atoms in total. The van der Waals surface area contributed by atoms with Crippen LogP contribution in [0.15, 0.2) is 72.2 Å². The van der Waals surface area contributed by atoms with Gasteiger partial charge < -0.3 is 24.7 Å². The summed E-state index contributed by atoms with van der Waals surface area (Å²) in [6.45, 7) is 4.70. The topological polar surface area (TPSA) is 75.9 Å². The molecule has 1 fully saturated rings. The number of morpholine rings is 1. The van der Waals surface area contributed by atoms with Crippen LogP contribution in [0.25, 0.3) is 5.69 Å². The van der Waals surface area contributed by atoms with Gasteiger partial charge in [0.2, 0.25) is 0 Å². The zero-order valence-corrected chi connectivity index (χ0v) is 19.3. The number of benzene rings is 2. The van der Waals surface area contributed by atoms with Gasteiger partial charge in [-0.3, -0.25) is 9.89 Å². The Bertz CT molecular complexity index is 1010. The van der Waals surface area contributed by atoms with E-state index >= 15 is 0 Å². The first-order valence-electron chi connectivity index (χ1n) is 11.2. The number of ether oxygens (including phenoxy) is 2. The van der Waals surface area contributed by atoms with Crippen molar-refractivity contribution in [2.24, 2.45) is 4.99 Å². The molecule has 0 amide bonds. The number of para-hydroxylation sites is 1. The van der Waals surface area contributed by atoms with Gasteiger partial charge in [-0.1, -0.05) is 30.3 Å². The van der Waals surface area contributed by atoms with Crippen LogP contribution >= 0.6 is 0 Å². The number of guanidine groups is 1. The molecule has 33 heavy (non-hydrogen) atoms. The third-order valence-electron chi connectivity index (χ3n) is 5.89. The Labute approximate surface area is 195 Å². The number of rotatable bonds is 8. The SMILES string of the molecule is CN=C(NCc1ccccc1-n1ccnc1)NCC(c1ccc(OC)cc1)N1CCOCC1. The van der Waals surface area contributed by atoms with Crippen LogP contribution in [0.5, 0.6) is 5.75 Å². The van der Waals surface area contributed by atoms with Gasteiger partial charge in [0.05, 0.1) is 38.4 Å². The predicted octanol–water partition coefficient (Wildman–Crippen LogP) is 2.62. The quantitative estimate of drug-likeness (QED) is 0.408. The number of hydrogen-bond donors (Lipinski definition) is 2. The average Bonchev–Trinajstić information content (AvgIpc) is 3.42. The summed E-state index contributed by atoms with van der Waals surface area (Å²) in [6.07, 6.45) is 5.55. The minimum absolute atomic E-state index is 0.205. The van der Waals surface area contributed by atoms with Crippen LogP contribution in [0.2, 0.25) is 0 Å². The summed E-state index contributed by atoms with van der Waals surface area (Å²) in [5.41, 5.74) is 3.51. The molecule has 8 heteroatoms. The first-order chi connectivity index (χ1) is 16.3. The van der Waals surface area contributed by atoms with Crippen molar-refractivity contribution in [1.82, 2.24) is 25.1 Å². The second kappa shape index (κ2) is 11.5. The highest BCUT2D eigenvalue weighted by atomic mass is 16.5. The van der Waals surface area contributed by atoms with Crippen LogP contribution in [0.3, 0.4) is 0 Å². The standard InChI is InChI=1S/C25H32N6O2/c1-26-25(28-17-21-5-3-4-6-23(21)31-12-11-27-19-31)29-18-24(30-13-15-33-16-14-30)20-7-9-22(32-2)10-8-20/h3-12,19,24H,13-18H2,1-2H3,(H2,26,28,29). The molecule has 1 unspecified atom stereocenters. The fourth-order valence-electron chi connectivity index (χ4n) is 4.08. The van der Waals surface area contributed by atoms with E-state index in [0.717, 1.165) is 50.2 Å². The summed E-state index contributed by atoms with van der Waals surface area (Å²) in [5.74, 6) is 1.63. The van der Waals surface area contributed by atoms with Crippen LogP contribution in [0.4, 0.5) is 0 Å². The zero-order valence-electron chi connectivity index (χ0n) is 19.3. The van der Waals surface area contributed by atoms with Crippen LogP contribution < -0.4 is 15.4 Å². The van der Waals surface area contributed by atoms with Gasteiger partial charge in [0.1, 0.15) is 5.75 Å². The lowest BCUT2D eigenvalue weighted by atomic mass is 10.0. The molecule has 0 radical (unpaired) electrons. The van der Waals surface area contributed by atoms with Crippen molar-refractivity contribution in [2.45, 2.75) is 12.6 Å². The maximum absolute atomic E-state index is 5.57. The Kier molecular flexibility index (Phi) is 7.94. The molecule has 2 N–H and O–H groups in total. The van der Waals surface area contributed by atoms with Crippen molar-refractivity contribution < 1.29 is 9.47 Å². The van der Waals surface area contributed by atoms with Crippen molar-refractivity contribution in [3.63, 3.8) is 0 Å². The van der Waals surface area contributed by atoms with E-state index in [9.17, 15) is 0 Å². The molecule has 2 heterocycles. The second-order valence-corrected chi connectivity index (χ2v) is 7.84. The van der Waals surface area contributed by atoms with Crippen LogP contribution in [-0.4, -0.2) is 67.4 Å². The molecule has 4 rings (SSSR count). The van der Waals surface area contributed by atoms with E-state index in [1.54, 1.807) is 20.4 Å². The van der Waals surface area contributed by atoms with Crippen LogP contribution in [-0.2, 0) is 11.3 Å². The van der Waals surface area contributed by atoms with Crippen LogP contribution in [0, 0.1) is 0 Å². The molecule has 0 bridgehead atoms. The molecule has 0 saturated carbocycles. The van der Waals surface area contributed by atoms with Crippen molar-refractivity contribution in [1.29, 1.82) is 0 Å².